The average molecular weight is 395 g/mol. The predicted molar refractivity (Wildman–Crippen MR) is 101 cm³/mol. The highest BCUT2D eigenvalue weighted by molar-refractivity contribution is 5.91. The zero-order valence-corrected chi connectivity index (χ0v) is 14.7. The minimum absolute atomic E-state index is 0.0579. The van der Waals surface area contributed by atoms with Gasteiger partial charge in [0.2, 0.25) is 0 Å². The van der Waals surface area contributed by atoms with Crippen molar-refractivity contribution in [2.75, 3.05) is 0 Å². The molecule has 0 fully saturated rings. The number of hydrogen-bond donors (Lipinski definition) is 1. The summed E-state index contributed by atoms with van der Waals surface area (Å²) < 4.78 is 43.6. The SMILES string of the molecule is O=C(O)c1ccc(F)c(-c2c(=O)ccn3c(-c4ccc(F)cc4F)cccc23)c1. The van der Waals surface area contributed by atoms with Gasteiger partial charge < -0.3 is 9.51 Å². The van der Waals surface area contributed by atoms with E-state index in [0.29, 0.717) is 5.69 Å². The molecule has 4 aromatic rings. The fraction of sp³-hybridized carbons (Fsp3) is 0. The molecule has 0 aliphatic heterocycles. The van der Waals surface area contributed by atoms with Crippen molar-refractivity contribution in [2.45, 2.75) is 0 Å². The van der Waals surface area contributed by atoms with Crippen molar-refractivity contribution < 1.29 is 23.1 Å². The normalized spacial score (nSPS) is 11.0. The lowest BCUT2D eigenvalue weighted by atomic mass is 10.00. The van der Waals surface area contributed by atoms with E-state index in [1.807, 2.05) is 0 Å². The van der Waals surface area contributed by atoms with Crippen molar-refractivity contribution in [1.82, 2.24) is 4.40 Å². The first-order valence-electron chi connectivity index (χ1n) is 8.50. The van der Waals surface area contributed by atoms with Gasteiger partial charge in [-0.1, -0.05) is 6.07 Å². The Morgan fingerprint density at radius 1 is 0.862 bits per heavy atom. The molecule has 144 valence electrons. The number of rotatable bonds is 3. The number of pyridine rings is 2. The van der Waals surface area contributed by atoms with Gasteiger partial charge in [-0.15, -0.1) is 0 Å². The first-order chi connectivity index (χ1) is 13.9. The van der Waals surface area contributed by atoms with E-state index in [4.69, 9.17) is 0 Å². The average Bonchev–Trinajstić information content (AvgIpc) is 2.68. The van der Waals surface area contributed by atoms with Gasteiger partial charge in [-0.3, -0.25) is 4.79 Å². The quantitative estimate of drug-likeness (QED) is 0.545. The molecular weight excluding hydrogens is 383 g/mol. The van der Waals surface area contributed by atoms with Crippen LogP contribution in [0.3, 0.4) is 0 Å². The van der Waals surface area contributed by atoms with Crippen molar-refractivity contribution in [3.05, 3.63) is 100 Å². The van der Waals surface area contributed by atoms with Crippen molar-refractivity contribution in [3.63, 3.8) is 0 Å². The molecule has 2 heterocycles. The Bertz CT molecular complexity index is 1350. The predicted octanol–water partition coefficient (Wildman–Crippen LogP) is 4.75. The molecule has 4 rings (SSSR count). The van der Waals surface area contributed by atoms with Gasteiger partial charge in [0.1, 0.15) is 17.5 Å². The molecule has 29 heavy (non-hydrogen) atoms. The van der Waals surface area contributed by atoms with Crippen LogP contribution >= 0.6 is 0 Å². The van der Waals surface area contributed by atoms with E-state index >= 15 is 0 Å². The molecule has 0 atom stereocenters. The summed E-state index contributed by atoms with van der Waals surface area (Å²) in [4.78, 5) is 23.8. The molecule has 0 unspecified atom stereocenters. The van der Waals surface area contributed by atoms with Crippen molar-refractivity contribution >= 4 is 11.5 Å². The summed E-state index contributed by atoms with van der Waals surface area (Å²) in [5.41, 5.74) is -0.281. The first-order valence-corrected chi connectivity index (χ1v) is 8.50. The summed E-state index contributed by atoms with van der Waals surface area (Å²) in [5.74, 6) is -3.55. The Kier molecular flexibility index (Phi) is 4.43. The summed E-state index contributed by atoms with van der Waals surface area (Å²) in [5, 5.41) is 9.20. The summed E-state index contributed by atoms with van der Waals surface area (Å²) in [7, 11) is 0. The Morgan fingerprint density at radius 2 is 1.66 bits per heavy atom. The maximum Gasteiger partial charge on any atom is 0.335 e. The number of nitrogens with zero attached hydrogens (tertiary/aromatic N) is 1. The third kappa shape index (κ3) is 3.16. The Labute approximate surface area is 162 Å². The van der Waals surface area contributed by atoms with Crippen LogP contribution in [0.15, 0.2) is 71.7 Å². The van der Waals surface area contributed by atoms with Gasteiger partial charge in [0.05, 0.1) is 22.3 Å². The Balaban J connectivity index is 2.06. The number of fused-ring (bicyclic) bond motifs is 1. The zero-order chi connectivity index (χ0) is 20.7. The summed E-state index contributed by atoms with van der Waals surface area (Å²) >= 11 is 0. The topological polar surface area (TPSA) is 58.8 Å². The fourth-order valence-corrected chi connectivity index (χ4v) is 3.27. The van der Waals surface area contributed by atoms with Crippen LogP contribution in [-0.4, -0.2) is 15.5 Å². The third-order valence-corrected chi connectivity index (χ3v) is 4.59. The van der Waals surface area contributed by atoms with Crippen LogP contribution in [0.4, 0.5) is 13.2 Å². The van der Waals surface area contributed by atoms with Crippen LogP contribution in [0.2, 0.25) is 0 Å². The van der Waals surface area contributed by atoms with Crippen LogP contribution in [0.5, 0.6) is 0 Å². The maximum atomic E-state index is 14.5. The number of carboxylic acid groups (broad SMARTS) is 1. The summed E-state index contributed by atoms with van der Waals surface area (Å²) in [6.45, 7) is 0. The molecule has 0 aliphatic rings. The van der Waals surface area contributed by atoms with Crippen LogP contribution in [0.25, 0.3) is 27.9 Å². The standard InChI is InChI=1S/C22H12F3NO3/c23-13-5-6-14(17(25)11-13)18-2-1-3-19-21(20(27)8-9-26(18)19)15-10-12(22(28)29)4-7-16(15)24/h1-11H,(H,28,29). The van der Waals surface area contributed by atoms with Gasteiger partial charge >= 0.3 is 5.97 Å². The number of aromatic nitrogens is 1. The molecule has 4 nitrogen and oxygen atoms in total. The molecule has 0 saturated heterocycles. The lowest BCUT2D eigenvalue weighted by Gasteiger charge is -2.14. The van der Waals surface area contributed by atoms with E-state index in [-0.39, 0.29) is 27.8 Å². The molecule has 0 bridgehead atoms. The number of halogens is 3. The van der Waals surface area contributed by atoms with Crippen LogP contribution in [0, 0.1) is 17.5 Å². The van der Waals surface area contributed by atoms with Crippen LogP contribution in [-0.2, 0) is 0 Å². The summed E-state index contributed by atoms with van der Waals surface area (Å²) in [6.07, 6.45) is 1.40. The van der Waals surface area contributed by atoms with E-state index in [1.165, 1.54) is 28.8 Å². The molecule has 7 heteroatoms. The minimum Gasteiger partial charge on any atom is -0.478 e. The molecule has 0 spiro atoms. The molecule has 0 radical (unpaired) electrons. The van der Waals surface area contributed by atoms with Gasteiger partial charge in [0, 0.05) is 29.5 Å². The van der Waals surface area contributed by atoms with Crippen molar-refractivity contribution in [2.24, 2.45) is 0 Å². The molecule has 0 amide bonds. The highest BCUT2D eigenvalue weighted by Crippen LogP contribution is 2.29. The largest absolute Gasteiger partial charge is 0.478 e. The van der Waals surface area contributed by atoms with Gasteiger partial charge in [-0.25, -0.2) is 18.0 Å². The maximum absolute atomic E-state index is 14.5. The number of benzene rings is 2. The number of aromatic carboxylic acids is 1. The fourth-order valence-electron chi connectivity index (χ4n) is 3.27. The highest BCUT2D eigenvalue weighted by atomic mass is 19.1. The lowest BCUT2D eigenvalue weighted by Crippen LogP contribution is -2.10. The van der Waals surface area contributed by atoms with E-state index in [1.54, 1.807) is 12.1 Å². The van der Waals surface area contributed by atoms with E-state index in [9.17, 15) is 27.9 Å². The molecule has 2 aromatic heterocycles. The molecule has 2 aromatic carbocycles. The summed E-state index contributed by atoms with van der Waals surface area (Å²) in [6, 6.07) is 12.1. The second-order valence-corrected chi connectivity index (χ2v) is 6.35. The second kappa shape index (κ2) is 6.94. The number of carbonyl (C=O) groups is 1. The van der Waals surface area contributed by atoms with Crippen LogP contribution in [0.1, 0.15) is 10.4 Å². The van der Waals surface area contributed by atoms with E-state index in [0.717, 1.165) is 30.3 Å². The van der Waals surface area contributed by atoms with Gasteiger partial charge in [0.15, 0.2) is 5.43 Å². The van der Waals surface area contributed by atoms with Crippen molar-refractivity contribution in [1.29, 1.82) is 0 Å². The van der Waals surface area contributed by atoms with E-state index < -0.39 is 28.8 Å². The zero-order valence-electron chi connectivity index (χ0n) is 14.7. The van der Waals surface area contributed by atoms with Gasteiger partial charge in [-0.2, -0.15) is 0 Å². The minimum atomic E-state index is -1.26. The number of hydrogen-bond acceptors (Lipinski definition) is 2. The monoisotopic (exact) mass is 395 g/mol. The highest BCUT2D eigenvalue weighted by Gasteiger charge is 2.17. The lowest BCUT2D eigenvalue weighted by molar-refractivity contribution is 0.0697. The smallest absolute Gasteiger partial charge is 0.335 e. The molecule has 0 saturated carbocycles. The molecule has 1 N–H and O–H groups in total. The molecular formula is C22H12F3NO3. The van der Waals surface area contributed by atoms with Gasteiger partial charge in [0.25, 0.3) is 0 Å². The molecule has 0 aliphatic carbocycles. The van der Waals surface area contributed by atoms with Crippen LogP contribution < -0.4 is 5.43 Å². The first kappa shape index (κ1) is 18.5. The van der Waals surface area contributed by atoms with Gasteiger partial charge in [-0.05, 0) is 42.5 Å². The van der Waals surface area contributed by atoms with Crippen molar-refractivity contribution in [3.8, 4) is 22.4 Å². The Hall–Kier alpha value is -3.87. The Morgan fingerprint density at radius 3 is 2.38 bits per heavy atom. The third-order valence-electron chi connectivity index (χ3n) is 4.59. The second-order valence-electron chi connectivity index (χ2n) is 6.35. The number of carboxylic acids is 1. The van der Waals surface area contributed by atoms with E-state index in [2.05, 4.69) is 0 Å².